The third kappa shape index (κ3) is 4.41. The zero-order valence-corrected chi connectivity index (χ0v) is 16.3. The van der Waals surface area contributed by atoms with Gasteiger partial charge in [0.2, 0.25) is 5.91 Å². The summed E-state index contributed by atoms with van der Waals surface area (Å²) in [5.74, 6) is -0.186. The normalized spacial score (nSPS) is 12.7. The van der Waals surface area contributed by atoms with E-state index in [2.05, 4.69) is 10.6 Å². The number of benzene rings is 3. The Hall–Kier alpha value is -3.87. The van der Waals surface area contributed by atoms with Crippen molar-refractivity contribution in [3.8, 4) is 5.75 Å². The first kappa shape index (κ1) is 19.4. The van der Waals surface area contributed by atoms with Gasteiger partial charge >= 0.3 is 0 Å². The van der Waals surface area contributed by atoms with E-state index in [1.54, 1.807) is 48.5 Å². The van der Waals surface area contributed by atoms with E-state index in [1.807, 2.05) is 18.0 Å². The highest BCUT2D eigenvalue weighted by Crippen LogP contribution is 2.29. The van der Waals surface area contributed by atoms with Crippen LogP contribution in [0.5, 0.6) is 5.75 Å². The van der Waals surface area contributed by atoms with Crippen molar-refractivity contribution in [2.45, 2.75) is 6.61 Å². The average molecular weight is 405 g/mol. The van der Waals surface area contributed by atoms with Crippen molar-refractivity contribution in [2.24, 2.45) is 0 Å². The molecule has 7 heteroatoms. The number of amides is 2. The fourth-order valence-corrected chi connectivity index (χ4v) is 3.26. The molecule has 3 aromatic carbocycles. The van der Waals surface area contributed by atoms with Gasteiger partial charge < -0.3 is 20.3 Å². The van der Waals surface area contributed by atoms with Gasteiger partial charge in [-0.25, -0.2) is 4.39 Å². The maximum atomic E-state index is 13.3. The Morgan fingerprint density at radius 2 is 1.97 bits per heavy atom. The largest absolute Gasteiger partial charge is 0.489 e. The lowest BCUT2D eigenvalue weighted by Gasteiger charge is -2.27. The molecule has 3 aromatic rings. The maximum absolute atomic E-state index is 13.3. The van der Waals surface area contributed by atoms with Crippen molar-refractivity contribution in [2.75, 3.05) is 29.1 Å². The van der Waals surface area contributed by atoms with Crippen molar-refractivity contribution >= 4 is 28.9 Å². The van der Waals surface area contributed by atoms with E-state index in [1.165, 1.54) is 12.1 Å². The Labute approximate surface area is 173 Å². The SMILES string of the molecule is CN1CC(=O)Nc2cc(C(=O)Nc3cccc(OCc4cccc(F)c4)c3)ccc21. The van der Waals surface area contributed by atoms with Crippen molar-refractivity contribution < 1.29 is 18.7 Å². The van der Waals surface area contributed by atoms with Gasteiger partial charge in [-0.15, -0.1) is 0 Å². The highest BCUT2D eigenvalue weighted by atomic mass is 19.1. The molecule has 0 bridgehead atoms. The number of nitrogens with one attached hydrogen (secondary N) is 2. The molecular weight excluding hydrogens is 385 g/mol. The molecule has 0 spiro atoms. The van der Waals surface area contributed by atoms with Crippen LogP contribution in [0.2, 0.25) is 0 Å². The quantitative estimate of drug-likeness (QED) is 0.672. The van der Waals surface area contributed by atoms with Crippen LogP contribution in [0.15, 0.2) is 66.7 Å². The standard InChI is InChI=1S/C23H20FN3O3/c1-27-13-22(28)26-20-11-16(8-9-21(20)27)23(29)25-18-6-3-7-19(12-18)30-14-15-4-2-5-17(24)10-15/h2-12H,13-14H2,1H3,(H,25,29)(H,26,28). The minimum absolute atomic E-state index is 0.120. The molecule has 2 N–H and O–H groups in total. The Morgan fingerprint density at radius 3 is 2.80 bits per heavy atom. The zero-order valence-electron chi connectivity index (χ0n) is 16.3. The van der Waals surface area contributed by atoms with Crippen LogP contribution in [0, 0.1) is 5.82 Å². The van der Waals surface area contributed by atoms with Crippen molar-refractivity contribution in [3.05, 3.63) is 83.7 Å². The van der Waals surface area contributed by atoms with E-state index in [4.69, 9.17) is 4.74 Å². The van der Waals surface area contributed by atoms with Gasteiger partial charge in [-0.2, -0.15) is 0 Å². The van der Waals surface area contributed by atoms with Crippen LogP contribution in [0.3, 0.4) is 0 Å². The molecule has 0 aliphatic carbocycles. The molecule has 152 valence electrons. The average Bonchev–Trinajstić information content (AvgIpc) is 2.72. The van der Waals surface area contributed by atoms with Crippen LogP contribution in [-0.4, -0.2) is 25.4 Å². The van der Waals surface area contributed by atoms with Gasteiger partial charge in [0.1, 0.15) is 18.2 Å². The lowest BCUT2D eigenvalue weighted by Crippen LogP contribution is -2.35. The highest BCUT2D eigenvalue weighted by Gasteiger charge is 2.20. The number of hydrogen-bond acceptors (Lipinski definition) is 4. The molecule has 0 atom stereocenters. The van der Waals surface area contributed by atoms with Crippen LogP contribution < -0.4 is 20.3 Å². The van der Waals surface area contributed by atoms with Gasteiger partial charge in [0.15, 0.2) is 0 Å². The Balaban J connectivity index is 1.44. The van der Waals surface area contributed by atoms with Crippen LogP contribution in [0.4, 0.5) is 21.5 Å². The summed E-state index contributed by atoms with van der Waals surface area (Å²) < 4.78 is 19.0. The minimum atomic E-state index is -0.315. The molecule has 4 rings (SSSR count). The van der Waals surface area contributed by atoms with Gasteiger partial charge in [-0.3, -0.25) is 9.59 Å². The van der Waals surface area contributed by atoms with E-state index in [-0.39, 0.29) is 30.8 Å². The molecule has 0 radical (unpaired) electrons. The summed E-state index contributed by atoms with van der Waals surface area (Å²) in [5, 5.41) is 5.62. The number of carbonyl (C=O) groups is 2. The highest BCUT2D eigenvalue weighted by molar-refractivity contribution is 6.07. The summed E-state index contributed by atoms with van der Waals surface area (Å²) in [7, 11) is 1.83. The molecule has 1 aliphatic heterocycles. The fraction of sp³-hybridized carbons (Fsp3) is 0.130. The minimum Gasteiger partial charge on any atom is -0.489 e. The number of carbonyl (C=O) groups excluding carboxylic acids is 2. The van der Waals surface area contributed by atoms with Crippen LogP contribution in [0.1, 0.15) is 15.9 Å². The molecule has 1 aliphatic rings. The molecule has 0 unspecified atom stereocenters. The fourth-order valence-electron chi connectivity index (χ4n) is 3.26. The van der Waals surface area contributed by atoms with E-state index in [0.29, 0.717) is 28.3 Å². The number of fused-ring (bicyclic) bond motifs is 1. The third-order valence-electron chi connectivity index (χ3n) is 4.71. The summed E-state index contributed by atoms with van der Waals surface area (Å²) in [6.45, 7) is 0.494. The predicted molar refractivity (Wildman–Crippen MR) is 113 cm³/mol. The van der Waals surface area contributed by atoms with Crippen LogP contribution >= 0.6 is 0 Å². The number of likely N-dealkylation sites (N-methyl/N-ethyl adjacent to an activating group) is 1. The summed E-state index contributed by atoms with van der Waals surface area (Å²) in [4.78, 5) is 26.2. The second-order valence-electron chi connectivity index (χ2n) is 7.04. The molecule has 6 nitrogen and oxygen atoms in total. The summed E-state index contributed by atoms with van der Waals surface area (Å²) in [6.07, 6.45) is 0. The lowest BCUT2D eigenvalue weighted by molar-refractivity contribution is -0.115. The summed E-state index contributed by atoms with van der Waals surface area (Å²) >= 11 is 0. The van der Waals surface area contributed by atoms with E-state index in [0.717, 1.165) is 5.69 Å². The Bertz CT molecular complexity index is 1120. The maximum Gasteiger partial charge on any atom is 0.255 e. The first-order valence-corrected chi connectivity index (χ1v) is 9.41. The van der Waals surface area contributed by atoms with E-state index >= 15 is 0 Å². The van der Waals surface area contributed by atoms with Crippen LogP contribution in [0.25, 0.3) is 0 Å². The van der Waals surface area contributed by atoms with E-state index in [9.17, 15) is 14.0 Å². The van der Waals surface area contributed by atoms with Crippen molar-refractivity contribution in [1.29, 1.82) is 0 Å². The molecule has 30 heavy (non-hydrogen) atoms. The number of ether oxygens (including phenoxy) is 1. The van der Waals surface area contributed by atoms with Gasteiger partial charge in [-0.1, -0.05) is 18.2 Å². The summed E-state index contributed by atoms with van der Waals surface area (Å²) in [5.41, 5.74) is 3.17. The first-order valence-electron chi connectivity index (χ1n) is 9.41. The lowest BCUT2D eigenvalue weighted by atomic mass is 10.1. The second-order valence-corrected chi connectivity index (χ2v) is 7.04. The molecule has 0 saturated heterocycles. The topological polar surface area (TPSA) is 70.7 Å². The second kappa shape index (κ2) is 8.24. The molecule has 1 heterocycles. The number of hydrogen-bond donors (Lipinski definition) is 2. The van der Waals surface area contributed by atoms with E-state index < -0.39 is 0 Å². The number of rotatable bonds is 5. The zero-order chi connectivity index (χ0) is 21.1. The predicted octanol–water partition coefficient (Wildman–Crippen LogP) is 4.05. The number of halogens is 1. The van der Waals surface area contributed by atoms with Crippen molar-refractivity contribution in [3.63, 3.8) is 0 Å². The van der Waals surface area contributed by atoms with Gasteiger partial charge in [0.25, 0.3) is 5.91 Å². The third-order valence-corrected chi connectivity index (χ3v) is 4.71. The summed E-state index contributed by atoms with van der Waals surface area (Å²) in [6, 6.07) is 18.4. The Morgan fingerprint density at radius 1 is 1.13 bits per heavy atom. The van der Waals surface area contributed by atoms with Gasteiger partial charge in [-0.05, 0) is 48.0 Å². The monoisotopic (exact) mass is 405 g/mol. The smallest absolute Gasteiger partial charge is 0.255 e. The van der Waals surface area contributed by atoms with Crippen LogP contribution in [-0.2, 0) is 11.4 Å². The molecular formula is C23H20FN3O3. The molecule has 0 fully saturated rings. The van der Waals surface area contributed by atoms with Gasteiger partial charge in [0.05, 0.1) is 17.9 Å². The first-order chi connectivity index (χ1) is 14.5. The van der Waals surface area contributed by atoms with Gasteiger partial charge in [0, 0.05) is 24.4 Å². The molecule has 0 aromatic heterocycles. The van der Waals surface area contributed by atoms with Crippen molar-refractivity contribution in [1.82, 2.24) is 0 Å². The molecule has 2 amide bonds. The Kier molecular flexibility index (Phi) is 5.34. The number of anilines is 3. The number of nitrogens with zero attached hydrogens (tertiary/aromatic N) is 1. The molecule has 0 saturated carbocycles.